The Morgan fingerprint density at radius 3 is 2.42 bits per heavy atom. The molecule has 0 atom stereocenters. The van der Waals surface area contributed by atoms with Crippen molar-refractivity contribution in [3.8, 4) is 5.75 Å². The van der Waals surface area contributed by atoms with E-state index in [1.807, 2.05) is 26.1 Å². The molecule has 1 N–H and O–H groups in total. The van der Waals surface area contributed by atoms with Crippen LogP contribution in [0.2, 0.25) is 0 Å². The zero-order valence-corrected chi connectivity index (χ0v) is 11.6. The number of ether oxygens (including phenoxy) is 1. The first-order valence-electron chi connectivity index (χ1n) is 6.06. The summed E-state index contributed by atoms with van der Waals surface area (Å²) in [5.41, 5.74) is 1.58. The van der Waals surface area contributed by atoms with E-state index in [4.69, 9.17) is 4.74 Å². The van der Waals surface area contributed by atoms with E-state index < -0.39 is 0 Å². The molecule has 100 valence electrons. The predicted octanol–water partition coefficient (Wildman–Crippen LogP) is 3.46. The molecule has 0 unspecified atom stereocenters. The summed E-state index contributed by atoms with van der Waals surface area (Å²) < 4.78 is 5.57. The highest BCUT2D eigenvalue weighted by molar-refractivity contribution is 5.94. The highest BCUT2D eigenvalue weighted by Crippen LogP contribution is 2.16. The minimum Gasteiger partial charge on any atom is -0.458 e. The molecule has 0 spiro atoms. The van der Waals surface area contributed by atoms with Gasteiger partial charge in [-0.05, 0) is 44.2 Å². The maximum Gasteiger partial charge on any atom is 0.159 e. The lowest BCUT2D eigenvalue weighted by molar-refractivity contribution is 0.101. The molecule has 0 saturated heterocycles. The number of ketones is 1. The first kappa shape index (κ1) is 14.8. The van der Waals surface area contributed by atoms with Crippen molar-refractivity contribution in [3.63, 3.8) is 0 Å². The SMILES string of the molecule is C=C(/C=C(\C=C/C)NC)Oc1ccc(C(C)=O)cc1. The molecule has 1 rings (SSSR count). The number of carbonyl (C=O) groups is 1. The molecule has 0 bridgehead atoms. The second-order valence-corrected chi connectivity index (χ2v) is 4.00. The van der Waals surface area contributed by atoms with Crippen LogP contribution in [0.3, 0.4) is 0 Å². The van der Waals surface area contributed by atoms with Gasteiger partial charge in [0.25, 0.3) is 0 Å². The van der Waals surface area contributed by atoms with E-state index in [-0.39, 0.29) is 5.78 Å². The maximum absolute atomic E-state index is 11.2. The van der Waals surface area contributed by atoms with Gasteiger partial charge in [-0.3, -0.25) is 4.79 Å². The zero-order chi connectivity index (χ0) is 14.3. The Labute approximate surface area is 114 Å². The van der Waals surface area contributed by atoms with Crippen molar-refractivity contribution >= 4 is 5.78 Å². The summed E-state index contributed by atoms with van der Waals surface area (Å²) in [5, 5.41) is 3.03. The lowest BCUT2D eigenvalue weighted by Gasteiger charge is -2.07. The normalized spacial score (nSPS) is 11.4. The fourth-order valence-electron chi connectivity index (χ4n) is 1.50. The molecule has 1 aromatic carbocycles. The third-order valence-corrected chi connectivity index (χ3v) is 2.46. The number of allylic oxidation sites excluding steroid dienone is 3. The number of hydrogen-bond donors (Lipinski definition) is 1. The summed E-state index contributed by atoms with van der Waals surface area (Å²) in [5.74, 6) is 1.22. The molecule has 19 heavy (non-hydrogen) atoms. The fourth-order valence-corrected chi connectivity index (χ4v) is 1.50. The lowest BCUT2D eigenvalue weighted by Crippen LogP contribution is -2.04. The van der Waals surface area contributed by atoms with Gasteiger partial charge >= 0.3 is 0 Å². The fraction of sp³-hybridized carbons (Fsp3) is 0.188. The average Bonchev–Trinajstić information content (AvgIpc) is 2.38. The minimum atomic E-state index is 0.0378. The minimum absolute atomic E-state index is 0.0378. The largest absolute Gasteiger partial charge is 0.458 e. The van der Waals surface area contributed by atoms with E-state index in [2.05, 4.69) is 11.9 Å². The van der Waals surface area contributed by atoms with Crippen molar-refractivity contribution in [1.82, 2.24) is 5.32 Å². The number of carbonyl (C=O) groups excluding carboxylic acids is 1. The van der Waals surface area contributed by atoms with Crippen LogP contribution in [-0.4, -0.2) is 12.8 Å². The third-order valence-electron chi connectivity index (χ3n) is 2.46. The molecule has 0 aliphatic heterocycles. The second-order valence-electron chi connectivity index (χ2n) is 4.00. The Bertz CT molecular complexity index is 510. The predicted molar refractivity (Wildman–Crippen MR) is 78.2 cm³/mol. The molecule has 0 aliphatic rings. The van der Waals surface area contributed by atoms with E-state index in [1.54, 1.807) is 30.3 Å². The summed E-state index contributed by atoms with van der Waals surface area (Å²) in [6.07, 6.45) is 5.66. The number of nitrogens with one attached hydrogen (secondary N) is 1. The van der Waals surface area contributed by atoms with Gasteiger partial charge in [0.15, 0.2) is 5.78 Å². The van der Waals surface area contributed by atoms with E-state index >= 15 is 0 Å². The Morgan fingerprint density at radius 2 is 1.95 bits per heavy atom. The number of rotatable bonds is 6. The summed E-state index contributed by atoms with van der Waals surface area (Å²) >= 11 is 0. The van der Waals surface area contributed by atoms with Crippen LogP contribution < -0.4 is 10.1 Å². The van der Waals surface area contributed by atoms with Crippen LogP contribution in [-0.2, 0) is 0 Å². The Kier molecular flexibility index (Phi) is 5.61. The second kappa shape index (κ2) is 7.21. The maximum atomic E-state index is 11.2. The quantitative estimate of drug-likeness (QED) is 0.482. The number of hydrogen-bond acceptors (Lipinski definition) is 3. The van der Waals surface area contributed by atoms with E-state index in [0.717, 1.165) is 5.70 Å². The van der Waals surface area contributed by atoms with Crippen LogP contribution in [0.15, 0.2) is 60.5 Å². The van der Waals surface area contributed by atoms with Gasteiger partial charge in [-0.15, -0.1) is 0 Å². The summed E-state index contributed by atoms with van der Waals surface area (Å²) in [6.45, 7) is 7.31. The third kappa shape index (κ3) is 4.84. The molecule has 0 aliphatic carbocycles. The van der Waals surface area contributed by atoms with Gasteiger partial charge in [0.05, 0.1) is 0 Å². The Hall–Kier alpha value is -2.29. The van der Waals surface area contributed by atoms with Crippen molar-refractivity contribution in [2.75, 3.05) is 7.05 Å². The van der Waals surface area contributed by atoms with Crippen LogP contribution in [0.5, 0.6) is 5.75 Å². The van der Waals surface area contributed by atoms with Crippen LogP contribution in [0.1, 0.15) is 24.2 Å². The standard InChI is InChI=1S/C16H19NO2/c1-5-6-15(17-4)11-12(2)19-16-9-7-14(8-10-16)13(3)18/h5-11,17H,2H2,1,3-4H3/b6-5-,15-11+. The molecule has 0 saturated carbocycles. The summed E-state index contributed by atoms with van der Waals surface area (Å²) in [7, 11) is 1.83. The first-order valence-corrected chi connectivity index (χ1v) is 6.06. The molecule has 0 heterocycles. The smallest absolute Gasteiger partial charge is 0.159 e. The van der Waals surface area contributed by atoms with Crippen molar-refractivity contribution < 1.29 is 9.53 Å². The highest BCUT2D eigenvalue weighted by Gasteiger charge is 2.00. The molecule has 1 aromatic rings. The summed E-state index contributed by atoms with van der Waals surface area (Å²) in [6, 6.07) is 6.98. The molecule has 0 fully saturated rings. The topological polar surface area (TPSA) is 38.3 Å². The lowest BCUT2D eigenvalue weighted by atomic mass is 10.1. The molecular weight excluding hydrogens is 238 g/mol. The van der Waals surface area contributed by atoms with Gasteiger partial charge < -0.3 is 10.1 Å². The molecule has 3 heteroatoms. The molecular formula is C16H19NO2. The van der Waals surface area contributed by atoms with Crippen LogP contribution in [0.25, 0.3) is 0 Å². The van der Waals surface area contributed by atoms with Gasteiger partial charge in [0.1, 0.15) is 11.5 Å². The van der Waals surface area contributed by atoms with Gasteiger partial charge in [-0.1, -0.05) is 12.7 Å². The number of Topliss-reactive ketones (excluding diaryl/α,β-unsaturated/α-hetero) is 1. The van der Waals surface area contributed by atoms with Crippen molar-refractivity contribution in [1.29, 1.82) is 0 Å². The van der Waals surface area contributed by atoms with Gasteiger partial charge in [-0.2, -0.15) is 0 Å². The number of likely N-dealkylation sites (N-methyl/N-ethyl adjacent to an activating group) is 1. The van der Waals surface area contributed by atoms with Crippen molar-refractivity contribution in [3.05, 3.63) is 66.1 Å². The first-order chi connectivity index (χ1) is 9.06. The van der Waals surface area contributed by atoms with Crippen molar-refractivity contribution in [2.24, 2.45) is 0 Å². The number of benzene rings is 1. The van der Waals surface area contributed by atoms with Crippen molar-refractivity contribution in [2.45, 2.75) is 13.8 Å². The van der Waals surface area contributed by atoms with E-state index in [1.165, 1.54) is 6.92 Å². The molecule has 0 aromatic heterocycles. The molecule has 0 amide bonds. The van der Waals surface area contributed by atoms with Gasteiger partial charge in [0, 0.05) is 24.4 Å². The Morgan fingerprint density at radius 1 is 1.32 bits per heavy atom. The molecule has 3 nitrogen and oxygen atoms in total. The van der Waals surface area contributed by atoms with Crippen LogP contribution >= 0.6 is 0 Å². The Balaban J connectivity index is 2.74. The zero-order valence-electron chi connectivity index (χ0n) is 11.6. The van der Waals surface area contributed by atoms with Crippen LogP contribution in [0, 0.1) is 0 Å². The van der Waals surface area contributed by atoms with Crippen LogP contribution in [0.4, 0.5) is 0 Å². The average molecular weight is 257 g/mol. The molecule has 0 radical (unpaired) electrons. The van der Waals surface area contributed by atoms with E-state index in [0.29, 0.717) is 17.1 Å². The monoisotopic (exact) mass is 257 g/mol. The van der Waals surface area contributed by atoms with Gasteiger partial charge in [-0.25, -0.2) is 0 Å². The van der Waals surface area contributed by atoms with E-state index in [9.17, 15) is 4.79 Å². The highest BCUT2D eigenvalue weighted by atomic mass is 16.5. The van der Waals surface area contributed by atoms with Gasteiger partial charge in [0.2, 0.25) is 0 Å². The summed E-state index contributed by atoms with van der Waals surface area (Å²) in [4.78, 5) is 11.2.